The Bertz CT molecular complexity index is 933. The number of rotatable bonds is 2. The summed E-state index contributed by atoms with van der Waals surface area (Å²) in [4.78, 5) is 44.9. The molecular formula is C14H6N2O7. The highest BCUT2D eigenvalue weighted by molar-refractivity contribution is 6.30. The Labute approximate surface area is 127 Å². The van der Waals surface area contributed by atoms with E-state index < -0.39 is 49.7 Å². The third kappa shape index (κ3) is 1.87. The third-order valence-electron chi connectivity index (χ3n) is 3.52. The number of hydrogen-bond acceptors (Lipinski definition) is 7. The van der Waals surface area contributed by atoms with Crippen LogP contribution in [0.15, 0.2) is 30.3 Å². The molecule has 0 fully saturated rings. The van der Waals surface area contributed by atoms with Gasteiger partial charge < -0.3 is 5.11 Å². The first-order valence-electron chi connectivity index (χ1n) is 6.21. The molecule has 1 N–H and O–H groups in total. The van der Waals surface area contributed by atoms with Crippen LogP contribution in [0.4, 0.5) is 11.4 Å². The van der Waals surface area contributed by atoms with Crippen molar-refractivity contribution in [2.75, 3.05) is 0 Å². The van der Waals surface area contributed by atoms with E-state index in [9.17, 15) is 34.9 Å². The second kappa shape index (κ2) is 4.70. The molecule has 2 aromatic rings. The van der Waals surface area contributed by atoms with Crippen molar-refractivity contribution in [3.8, 4) is 5.75 Å². The van der Waals surface area contributed by atoms with Crippen molar-refractivity contribution in [1.29, 1.82) is 0 Å². The lowest BCUT2D eigenvalue weighted by Gasteiger charge is -2.17. The van der Waals surface area contributed by atoms with Gasteiger partial charge in [0.25, 0.3) is 5.75 Å². The standard InChI is InChI=1S/C14H6N2O7/c17-12-6-3-1-2-4-7(6)13(18)10-8(12)5-9(15(20)21)14(19)11(10)16(22)23/h1-5,19H. The lowest BCUT2D eigenvalue weighted by atomic mass is 9.82. The molecular weight excluding hydrogens is 308 g/mol. The van der Waals surface area contributed by atoms with Gasteiger partial charge in [-0.05, 0) is 0 Å². The predicted octanol–water partition coefficient (Wildman–Crippen LogP) is 1.98. The normalized spacial score (nSPS) is 12.5. The molecule has 3 rings (SSSR count). The summed E-state index contributed by atoms with van der Waals surface area (Å²) in [6, 6.07) is 6.34. The van der Waals surface area contributed by atoms with Crippen molar-refractivity contribution in [1.82, 2.24) is 0 Å². The molecule has 1 aliphatic carbocycles. The molecule has 0 radical (unpaired) electrons. The number of phenolic OH excluding ortho intramolecular Hbond substituents is 1. The van der Waals surface area contributed by atoms with Gasteiger partial charge >= 0.3 is 11.4 Å². The first-order chi connectivity index (χ1) is 10.8. The summed E-state index contributed by atoms with van der Waals surface area (Å²) < 4.78 is 0. The average Bonchev–Trinajstić information content (AvgIpc) is 2.51. The SMILES string of the molecule is O=C1c2ccccc2C(=O)c2c1cc([N+](=O)[O-])c(O)c2[N+](=O)[O-]. The minimum absolute atomic E-state index is 0.000661. The van der Waals surface area contributed by atoms with Crippen molar-refractivity contribution in [3.63, 3.8) is 0 Å². The van der Waals surface area contributed by atoms with E-state index in [-0.39, 0.29) is 11.1 Å². The fraction of sp³-hybridized carbons (Fsp3) is 0. The van der Waals surface area contributed by atoms with E-state index in [0.717, 1.165) is 0 Å². The van der Waals surface area contributed by atoms with E-state index in [1.165, 1.54) is 24.3 Å². The molecule has 23 heavy (non-hydrogen) atoms. The van der Waals surface area contributed by atoms with Crippen LogP contribution in [0.25, 0.3) is 0 Å². The summed E-state index contributed by atoms with van der Waals surface area (Å²) in [5.41, 5.74) is -3.30. The van der Waals surface area contributed by atoms with Crippen LogP contribution in [-0.4, -0.2) is 26.5 Å². The predicted molar refractivity (Wildman–Crippen MR) is 74.7 cm³/mol. The van der Waals surface area contributed by atoms with E-state index in [2.05, 4.69) is 0 Å². The molecule has 0 saturated heterocycles. The van der Waals surface area contributed by atoms with Crippen LogP contribution < -0.4 is 0 Å². The molecule has 0 atom stereocenters. The van der Waals surface area contributed by atoms with Crippen LogP contribution in [0.1, 0.15) is 31.8 Å². The number of nitrogens with zero attached hydrogens (tertiary/aromatic N) is 2. The zero-order valence-electron chi connectivity index (χ0n) is 11.2. The van der Waals surface area contributed by atoms with Crippen molar-refractivity contribution < 1.29 is 24.5 Å². The van der Waals surface area contributed by atoms with Crippen LogP contribution in [0.2, 0.25) is 0 Å². The monoisotopic (exact) mass is 314 g/mol. The van der Waals surface area contributed by atoms with E-state index >= 15 is 0 Å². The molecule has 9 heteroatoms. The van der Waals surface area contributed by atoms with Gasteiger partial charge in [0.2, 0.25) is 5.78 Å². The molecule has 114 valence electrons. The average molecular weight is 314 g/mol. The summed E-state index contributed by atoms with van der Waals surface area (Å²) in [7, 11) is 0. The van der Waals surface area contributed by atoms with E-state index in [0.29, 0.717) is 6.07 Å². The summed E-state index contributed by atoms with van der Waals surface area (Å²) in [6.45, 7) is 0. The molecule has 2 aromatic carbocycles. The number of nitro benzene ring substituents is 2. The van der Waals surface area contributed by atoms with Gasteiger partial charge in [-0.3, -0.25) is 29.8 Å². The van der Waals surface area contributed by atoms with Gasteiger partial charge in [-0.15, -0.1) is 0 Å². The minimum Gasteiger partial charge on any atom is -0.497 e. The van der Waals surface area contributed by atoms with Crippen molar-refractivity contribution in [3.05, 3.63) is 72.8 Å². The van der Waals surface area contributed by atoms with Crippen LogP contribution in [0, 0.1) is 20.2 Å². The van der Waals surface area contributed by atoms with Gasteiger partial charge in [0.15, 0.2) is 5.78 Å². The van der Waals surface area contributed by atoms with Gasteiger partial charge in [0, 0.05) is 22.8 Å². The highest BCUT2D eigenvalue weighted by Crippen LogP contribution is 2.44. The van der Waals surface area contributed by atoms with Crippen molar-refractivity contribution in [2.24, 2.45) is 0 Å². The Balaban J connectivity index is 2.45. The maximum Gasteiger partial charge on any atom is 0.329 e. The molecule has 0 bridgehead atoms. The smallest absolute Gasteiger partial charge is 0.329 e. The van der Waals surface area contributed by atoms with Gasteiger partial charge in [0.1, 0.15) is 5.56 Å². The fourth-order valence-corrected chi connectivity index (χ4v) is 2.53. The Morgan fingerprint density at radius 2 is 1.43 bits per heavy atom. The first-order valence-corrected chi connectivity index (χ1v) is 6.21. The highest BCUT2D eigenvalue weighted by atomic mass is 16.6. The molecule has 0 heterocycles. The van der Waals surface area contributed by atoms with Crippen molar-refractivity contribution in [2.45, 2.75) is 0 Å². The lowest BCUT2D eigenvalue weighted by molar-refractivity contribution is -0.396. The minimum atomic E-state index is -1.25. The lowest BCUT2D eigenvalue weighted by Crippen LogP contribution is -2.22. The zero-order valence-corrected chi connectivity index (χ0v) is 11.2. The Hall–Kier alpha value is -3.62. The van der Waals surface area contributed by atoms with Crippen LogP contribution in [0.3, 0.4) is 0 Å². The van der Waals surface area contributed by atoms with Gasteiger partial charge in [-0.25, -0.2) is 0 Å². The number of nitro groups is 2. The topological polar surface area (TPSA) is 141 Å². The van der Waals surface area contributed by atoms with Gasteiger partial charge in [0.05, 0.1) is 9.85 Å². The van der Waals surface area contributed by atoms with E-state index in [4.69, 9.17) is 0 Å². The highest BCUT2D eigenvalue weighted by Gasteiger charge is 2.41. The first kappa shape index (κ1) is 14.3. The fourth-order valence-electron chi connectivity index (χ4n) is 2.53. The molecule has 0 saturated carbocycles. The molecule has 0 aliphatic heterocycles. The summed E-state index contributed by atoms with van der Waals surface area (Å²) in [5, 5.41) is 31.9. The zero-order chi connectivity index (χ0) is 16.9. The number of fused-ring (bicyclic) bond motifs is 2. The van der Waals surface area contributed by atoms with E-state index in [1.807, 2.05) is 0 Å². The molecule has 0 amide bonds. The molecule has 9 nitrogen and oxygen atoms in total. The maximum atomic E-state index is 12.5. The van der Waals surface area contributed by atoms with Crippen LogP contribution in [0.5, 0.6) is 5.75 Å². The third-order valence-corrected chi connectivity index (χ3v) is 3.52. The van der Waals surface area contributed by atoms with Gasteiger partial charge in [-0.1, -0.05) is 24.3 Å². The number of ketones is 2. The largest absolute Gasteiger partial charge is 0.497 e. The number of benzene rings is 2. The number of phenols is 1. The van der Waals surface area contributed by atoms with Crippen LogP contribution >= 0.6 is 0 Å². The Morgan fingerprint density at radius 3 is 1.96 bits per heavy atom. The Kier molecular flexibility index (Phi) is 2.93. The summed E-state index contributed by atoms with van der Waals surface area (Å²) in [6.07, 6.45) is 0. The van der Waals surface area contributed by atoms with E-state index in [1.54, 1.807) is 0 Å². The molecule has 0 spiro atoms. The second-order valence-corrected chi connectivity index (χ2v) is 4.73. The maximum absolute atomic E-state index is 12.5. The molecule has 0 unspecified atom stereocenters. The molecule has 0 aromatic heterocycles. The van der Waals surface area contributed by atoms with Crippen LogP contribution in [-0.2, 0) is 0 Å². The number of hydrogen-bond donors (Lipinski definition) is 1. The molecule has 1 aliphatic rings. The van der Waals surface area contributed by atoms with Crippen molar-refractivity contribution >= 4 is 22.9 Å². The number of carbonyl (C=O) groups is 2. The number of carbonyl (C=O) groups excluding carboxylic acids is 2. The quantitative estimate of drug-likeness (QED) is 0.563. The summed E-state index contributed by atoms with van der Waals surface area (Å²) >= 11 is 0. The summed E-state index contributed by atoms with van der Waals surface area (Å²) in [5.74, 6) is -2.84. The number of aromatic hydroxyl groups is 1. The second-order valence-electron chi connectivity index (χ2n) is 4.73. The van der Waals surface area contributed by atoms with Gasteiger partial charge in [-0.2, -0.15) is 0 Å². The Morgan fingerprint density at radius 1 is 0.870 bits per heavy atom.